The minimum Gasteiger partial charge on any atom is -0.445 e. The number of carbonyl (C=O) groups excluding carboxylic acids is 4. The summed E-state index contributed by atoms with van der Waals surface area (Å²) in [6.45, 7) is 38.5. The Morgan fingerprint density at radius 2 is 1.11 bits per heavy atom. The average molecular weight is 1010 g/mol. The molecule has 0 saturated carbocycles. The van der Waals surface area contributed by atoms with Gasteiger partial charge in [0.2, 0.25) is 0 Å². The topological polar surface area (TPSA) is 157 Å². The Kier molecular flexibility index (Phi) is 16.8. The molecule has 2 aromatic carbocycles. The number of ether oxygens (including phenoxy) is 4. The summed E-state index contributed by atoms with van der Waals surface area (Å²) in [5, 5.41) is 11.5. The molecule has 15 nitrogen and oxygen atoms in total. The van der Waals surface area contributed by atoms with Gasteiger partial charge < -0.3 is 42.7 Å². The third-order valence-corrected chi connectivity index (χ3v) is 24.6. The van der Waals surface area contributed by atoms with Crippen LogP contribution in [0.15, 0.2) is 49.6 Å². The van der Waals surface area contributed by atoms with Crippen LogP contribution in [0.1, 0.15) is 117 Å². The van der Waals surface area contributed by atoms with E-state index in [4.69, 9.17) is 27.8 Å². The largest absolute Gasteiger partial charge is 0.445 e. The smallest absolute Gasteiger partial charge is 0.416 e. The van der Waals surface area contributed by atoms with E-state index < -0.39 is 59.7 Å². The van der Waals surface area contributed by atoms with Crippen LogP contribution in [0.5, 0.6) is 0 Å². The van der Waals surface area contributed by atoms with Crippen LogP contribution in [0, 0.1) is 27.7 Å². The predicted molar refractivity (Wildman–Crippen MR) is 277 cm³/mol. The minimum absolute atomic E-state index is 0.00839. The Morgan fingerprint density at radius 1 is 0.686 bits per heavy atom. The van der Waals surface area contributed by atoms with Gasteiger partial charge in [-0.15, -0.1) is 0 Å². The summed E-state index contributed by atoms with van der Waals surface area (Å²) in [6, 6.07) is 6.14. The second kappa shape index (κ2) is 21.4. The number of aliphatic hydroxyl groups is 1. The molecular formula is C53H80N4O11Si2. The number of amides is 4. The minimum atomic E-state index is -2.21. The number of nitrogens with zero attached hydrogens (tertiary/aromatic N) is 4. The third-order valence-electron chi connectivity index (χ3n) is 15.6. The maximum absolute atomic E-state index is 14.1. The number of rotatable bonds is 10. The van der Waals surface area contributed by atoms with Crippen LogP contribution in [0.2, 0.25) is 36.3 Å². The van der Waals surface area contributed by atoms with Crippen molar-refractivity contribution in [1.82, 2.24) is 9.80 Å². The maximum atomic E-state index is 14.1. The molecule has 4 unspecified atom stereocenters. The van der Waals surface area contributed by atoms with Gasteiger partial charge in [0.25, 0.3) is 11.8 Å². The first kappa shape index (κ1) is 55.0. The van der Waals surface area contributed by atoms with Gasteiger partial charge >= 0.3 is 12.2 Å². The Balaban J connectivity index is 0.000000233. The summed E-state index contributed by atoms with van der Waals surface area (Å²) >= 11 is 0. The molecule has 7 atom stereocenters. The number of anilines is 2. The molecule has 386 valence electrons. The molecule has 5 heterocycles. The first-order valence-corrected chi connectivity index (χ1v) is 30.8. The highest BCUT2D eigenvalue weighted by Gasteiger charge is 2.55. The van der Waals surface area contributed by atoms with Gasteiger partial charge in [-0.05, 0) is 143 Å². The molecule has 17 heteroatoms. The molecule has 0 bridgehead atoms. The van der Waals surface area contributed by atoms with Crippen LogP contribution in [-0.2, 0) is 27.8 Å². The van der Waals surface area contributed by atoms with Gasteiger partial charge in [0.05, 0.1) is 34.7 Å². The summed E-state index contributed by atoms with van der Waals surface area (Å²) in [7, 11) is -4.39. The zero-order valence-electron chi connectivity index (χ0n) is 44.3. The van der Waals surface area contributed by atoms with Crippen molar-refractivity contribution in [1.29, 1.82) is 0 Å². The summed E-state index contributed by atoms with van der Waals surface area (Å²) < 4.78 is 37.1. The van der Waals surface area contributed by atoms with Gasteiger partial charge in [0.1, 0.15) is 25.3 Å². The average Bonchev–Trinajstić information content (AvgIpc) is 3.85. The van der Waals surface area contributed by atoms with Crippen molar-refractivity contribution in [3.63, 3.8) is 0 Å². The molecule has 4 amide bonds. The van der Waals surface area contributed by atoms with E-state index in [1.165, 1.54) is 22.0 Å². The number of benzene rings is 2. The molecule has 0 aromatic heterocycles. The lowest BCUT2D eigenvalue weighted by Crippen LogP contribution is -2.59. The highest BCUT2D eigenvalue weighted by Crippen LogP contribution is 2.45. The number of hydrogen-bond donors (Lipinski definition) is 1. The fourth-order valence-electron chi connectivity index (χ4n) is 9.27. The van der Waals surface area contributed by atoms with E-state index in [1.807, 2.05) is 44.7 Å². The van der Waals surface area contributed by atoms with Gasteiger partial charge in [-0.3, -0.25) is 9.59 Å². The molecule has 5 aliphatic heterocycles. The lowest BCUT2D eigenvalue weighted by molar-refractivity contribution is -0.199. The van der Waals surface area contributed by atoms with E-state index in [9.17, 15) is 24.3 Å². The van der Waals surface area contributed by atoms with E-state index in [0.29, 0.717) is 55.0 Å². The molecule has 7 rings (SSSR count). The SMILES string of the molecule is C=CCOC(=O)N1c2cc(C)c(C)cc2C(=O)N2CC[C@H](O[Si](C)(C)C(C)(C)C)C2C1O.C=CCOC(=O)N1c2cc(C)c(C)cc2C(=O)N2CC[C@H](O[Si](C)(C)C(C)(C)C)[C@H]2C1OC1CCCCO1. The predicted octanol–water partition coefficient (Wildman–Crippen LogP) is 10.3. The van der Waals surface area contributed by atoms with Crippen LogP contribution in [0.3, 0.4) is 0 Å². The molecule has 5 aliphatic rings. The lowest BCUT2D eigenvalue weighted by Gasteiger charge is -2.43. The summed E-state index contributed by atoms with van der Waals surface area (Å²) in [4.78, 5) is 60.7. The fourth-order valence-corrected chi connectivity index (χ4v) is 12.0. The van der Waals surface area contributed by atoms with Crippen molar-refractivity contribution < 1.29 is 52.1 Å². The fraction of sp³-hybridized carbons (Fsp3) is 0.623. The van der Waals surface area contributed by atoms with Crippen LogP contribution in [-0.4, -0.2) is 131 Å². The molecule has 2 aromatic rings. The van der Waals surface area contributed by atoms with Crippen molar-refractivity contribution in [2.75, 3.05) is 42.7 Å². The second-order valence-corrected chi connectivity index (χ2v) is 32.0. The van der Waals surface area contributed by atoms with Crippen molar-refractivity contribution in [2.45, 2.75) is 181 Å². The molecule has 0 radical (unpaired) electrons. The Hall–Kier alpha value is -4.37. The van der Waals surface area contributed by atoms with E-state index in [1.54, 1.807) is 17.0 Å². The van der Waals surface area contributed by atoms with Gasteiger partial charge in [-0.1, -0.05) is 66.9 Å². The molecule has 1 N–H and O–H groups in total. The molecular weight excluding hydrogens is 925 g/mol. The standard InChI is InChI=1S/C29H44N2O6Si.C24H36N2O5Si/c1-9-15-35-28(33)31-22-18-20(3)19(2)17-21(22)26(32)30-14-13-23(37-38(7,8)29(4,5)6)25(30)27(31)36-24-12-10-11-16-34-24;1-9-12-30-23(29)26-18-14-16(3)15(2)13-17(18)21(27)25-11-10-19(20(25)22(26)28)31-32(7,8)24(4,5)6/h9,17-18,23-25,27H,1,10-16H2,2-8H3;9,13-14,19-20,22,28H,1,10-12H2,2-8H3/t23-,24?,25-,27?;19-,20?,22?/m00/s1. The summed E-state index contributed by atoms with van der Waals surface area (Å²) in [5.41, 5.74) is 5.53. The van der Waals surface area contributed by atoms with Crippen molar-refractivity contribution in [2.24, 2.45) is 0 Å². The van der Waals surface area contributed by atoms with Gasteiger partial charge in [-0.2, -0.15) is 0 Å². The van der Waals surface area contributed by atoms with Gasteiger partial charge in [-0.25, -0.2) is 19.4 Å². The Bertz CT molecular complexity index is 2300. The van der Waals surface area contributed by atoms with Crippen LogP contribution in [0.25, 0.3) is 0 Å². The first-order valence-electron chi connectivity index (χ1n) is 24.9. The summed E-state index contributed by atoms with van der Waals surface area (Å²) in [6.07, 6.45) is 2.39. The lowest BCUT2D eigenvalue weighted by atomic mass is 10.0. The van der Waals surface area contributed by atoms with Crippen LogP contribution < -0.4 is 9.80 Å². The zero-order chi connectivity index (χ0) is 51.8. The van der Waals surface area contributed by atoms with E-state index >= 15 is 0 Å². The highest BCUT2D eigenvalue weighted by atomic mass is 28.4. The summed E-state index contributed by atoms with van der Waals surface area (Å²) in [5.74, 6) is -0.320. The number of fused-ring (bicyclic) bond motifs is 4. The molecule has 70 heavy (non-hydrogen) atoms. The van der Waals surface area contributed by atoms with Crippen molar-refractivity contribution in [3.8, 4) is 0 Å². The van der Waals surface area contributed by atoms with E-state index in [2.05, 4.69) is 80.9 Å². The van der Waals surface area contributed by atoms with Gasteiger partial charge in [0.15, 0.2) is 35.4 Å². The number of aryl methyl sites for hydroxylation is 4. The Labute approximate surface area is 418 Å². The highest BCUT2D eigenvalue weighted by molar-refractivity contribution is 6.74. The zero-order valence-corrected chi connectivity index (χ0v) is 46.3. The van der Waals surface area contributed by atoms with Crippen LogP contribution >= 0.6 is 0 Å². The molecule has 3 saturated heterocycles. The Morgan fingerprint density at radius 3 is 1.56 bits per heavy atom. The normalized spacial score (nSPS) is 24.9. The van der Waals surface area contributed by atoms with E-state index in [0.717, 1.165) is 41.5 Å². The quantitative estimate of drug-likeness (QED) is 0.178. The number of hydrogen-bond acceptors (Lipinski definition) is 11. The second-order valence-electron chi connectivity index (χ2n) is 22.5. The maximum Gasteiger partial charge on any atom is 0.416 e. The van der Waals surface area contributed by atoms with Crippen molar-refractivity contribution in [3.05, 3.63) is 83.0 Å². The monoisotopic (exact) mass is 1000 g/mol. The molecule has 3 fully saturated rings. The number of carbonyl (C=O) groups is 4. The third kappa shape index (κ3) is 11.1. The van der Waals surface area contributed by atoms with Crippen molar-refractivity contribution >= 4 is 52.0 Å². The number of aliphatic hydroxyl groups excluding tert-OH is 1. The molecule has 0 aliphatic carbocycles. The van der Waals surface area contributed by atoms with Crippen LogP contribution in [0.4, 0.5) is 21.0 Å². The van der Waals surface area contributed by atoms with Gasteiger partial charge in [0, 0.05) is 19.7 Å². The first-order chi connectivity index (χ1) is 32.6. The molecule has 0 spiro atoms. The van der Waals surface area contributed by atoms with E-state index in [-0.39, 0.29) is 47.3 Å².